The second kappa shape index (κ2) is 2.44. The minimum absolute atomic E-state index is 0.0827. The summed E-state index contributed by atoms with van der Waals surface area (Å²) in [4.78, 5) is 11.5. The van der Waals surface area contributed by atoms with Crippen LogP contribution in [0.15, 0.2) is 0 Å². The SMILES string of the molecule is CC1NC(=O)C2(COC2)NC1C. The molecular weight excluding hydrogens is 156 g/mol. The number of ether oxygens (including phenoxy) is 1. The molecule has 2 saturated heterocycles. The van der Waals surface area contributed by atoms with Gasteiger partial charge in [0.25, 0.3) is 0 Å². The summed E-state index contributed by atoms with van der Waals surface area (Å²) in [5.74, 6) is 0.0827. The van der Waals surface area contributed by atoms with E-state index in [0.29, 0.717) is 19.3 Å². The topological polar surface area (TPSA) is 50.4 Å². The molecule has 2 atom stereocenters. The van der Waals surface area contributed by atoms with Gasteiger partial charge in [-0.2, -0.15) is 0 Å². The molecule has 2 rings (SSSR count). The molecule has 12 heavy (non-hydrogen) atoms. The molecule has 2 heterocycles. The fourth-order valence-corrected chi connectivity index (χ4v) is 1.62. The minimum atomic E-state index is -0.411. The van der Waals surface area contributed by atoms with Crippen molar-refractivity contribution < 1.29 is 9.53 Å². The lowest BCUT2D eigenvalue weighted by Gasteiger charge is -2.47. The molecule has 0 aliphatic carbocycles. The van der Waals surface area contributed by atoms with Gasteiger partial charge in [-0.05, 0) is 13.8 Å². The van der Waals surface area contributed by atoms with Crippen LogP contribution in [0.5, 0.6) is 0 Å². The quantitative estimate of drug-likeness (QED) is 0.503. The number of rotatable bonds is 0. The van der Waals surface area contributed by atoms with Crippen molar-refractivity contribution in [2.75, 3.05) is 13.2 Å². The Hall–Kier alpha value is -0.610. The normalized spacial score (nSPS) is 39.0. The van der Waals surface area contributed by atoms with Gasteiger partial charge in [0.2, 0.25) is 5.91 Å². The summed E-state index contributed by atoms with van der Waals surface area (Å²) >= 11 is 0. The van der Waals surface area contributed by atoms with Gasteiger partial charge in [-0.1, -0.05) is 0 Å². The zero-order valence-corrected chi connectivity index (χ0v) is 7.39. The van der Waals surface area contributed by atoms with Crippen molar-refractivity contribution in [1.29, 1.82) is 0 Å². The first kappa shape index (κ1) is 8.01. The molecule has 0 saturated carbocycles. The molecule has 1 spiro atoms. The summed E-state index contributed by atoms with van der Waals surface area (Å²) in [5.41, 5.74) is -0.411. The Morgan fingerprint density at radius 3 is 2.58 bits per heavy atom. The van der Waals surface area contributed by atoms with Crippen molar-refractivity contribution in [3.8, 4) is 0 Å². The van der Waals surface area contributed by atoms with E-state index >= 15 is 0 Å². The van der Waals surface area contributed by atoms with Crippen molar-refractivity contribution >= 4 is 5.91 Å². The van der Waals surface area contributed by atoms with E-state index in [-0.39, 0.29) is 11.9 Å². The van der Waals surface area contributed by atoms with Crippen molar-refractivity contribution in [2.24, 2.45) is 0 Å². The molecule has 2 aliphatic heterocycles. The molecule has 2 N–H and O–H groups in total. The first-order valence-electron chi connectivity index (χ1n) is 4.30. The highest BCUT2D eigenvalue weighted by Gasteiger charge is 2.50. The van der Waals surface area contributed by atoms with Gasteiger partial charge in [-0.3, -0.25) is 10.1 Å². The van der Waals surface area contributed by atoms with Crippen LogP contribution < -0.4 is 10.6 Å². The Kier molecular flexibility index (Phi) is 1.63. The third kappa shape index (κ3) is 0.949. The summed E-state index contributed by atoms with van der Waals surface area (Å²) in [5, 5.41) is 6.23. The van der Waals surface area contributed by atoms with E-state index < -0.39 is 5.54 Å². The van der Waals surface area contributed by atoms with Gasteiger partial charge in [0.15, 0.2) is 0 Å². The smallest absolute Gasteiger partial charge is 0.245 e. The number of amides is 1. The second-order valence-electron chi connectivity index (χ2n) is 3.77. The zero-order chi connectivity index (χ0) is 8.77. The van der Waals surface area contributed by atoms with Crippen molar-refractivity contribution in [2.45, 2.75) is 31.5 Å². The molecule has 68 valence electrons. The van der Waals surface area contributed by atoms with Crippen molar-refractivity contribution in [3.05, 3.63) is 0 Å². The van der Waals surface area contributed by atoms with Crippen LogP contribution >= 0.6 is 0 Å². The molecule has 1 amide bonds. The summed E-state index contributed by atoms with van der Waals surface area (Å²) < 4.78 is 5.05. The lowest BCUT2D eigenvalue weighted by molar-refractivity contribution is -0.155. The first-order chi connectivity index (χ1) is 5.64. The minimum Gasteiger partial charge on any atom is -0.376 e. The molecule has 0 radical (unpaired) electrons. The molecule has 0 aromatic rings. The van der Waals surface area contributed by atoms with Gasteiger partial charge >= 0.3 is 0 Å². The van der Waals surface area contributed by atoms with Gasteiger partial charge in [0.05, 0.1) is 13.2 Å². The Balaban J connectivity index is 2.12. The van der Waals surface area contributed by atoms with Crippen LogP contribution in [0, 0.1) is 0 Å². The first-order valence-corrected chi connectivity index (χ1v) is 4.30. The van der Waals surface area contributed by atoms with Gasteiger partial charge in [-0.15, -0.1) is 0 Å². The van der Waals surface area contributed by atoms with Gasteiger partial charge in [-0.25, -0.2) is 0 Å². The highest BCUT2D eigenvalue weighted by Crippen LogP contribution is 2.21. The maximum atomic E-state index is 11.5. The molecule has 0 aromatic heterocycles. The molecule has 0 aromatic carbocycles. The number of piperazine rings is 1. The number of carbonyl (C=O) groups excluding carboxylic acids is 1. The Morgan fingerprint density at radius 2 is 2.08 bits per heavy atom. The highest BCUT2D eigenvalue weighted by atomic mass is 16.5. The number of hydrogen-bond donors (Lipinski definition) is 2. The Labute approximate surface area is 71.7 Å². The van der Waals surface area contributed by atoms with E-state index in [4.69, 9.17) is 4.74 Å². The van der Waals surface area contributed by atoms with Gasteiger partial charge < -0.3 is 10.1 Å². The Bertz CT molecular complexity index is 213. The van der Waals surface area contributed by atoms with E-state index in [1.165, 1.54) is 0 Å². The van der Waals surface area contributed by atoms with Gasteiger partial charge in [0.1, 0.15) is 5.54 Å². The maximum Gasteiger partial charge on any atom is 0.245 e. The molecular formula is C8H14N2O2. The van der Waals surface area contributed by atoms with E-state index in [1.54, 1.807) is 0 Å². The number of hydrogen-bond acceptors (Lipinski definition) is 3. The van der Waals surface area contributed by atoms with Crippen LogP contribution in [0.1, 0.15) is 13.8 Å². The molecule has 4 heteroatoms. The third-order valence-corrected chi connectivity index (χ3v) is 2.74. The van der Waals surface area contributed by atoms with Crippen LogP contribution in [0.2, 0.25) is 0 Å². The zero-order valence-electron chi connectivity index (χ0n) is 7.39. The summed E-state index contributed by atoms with van der Waals surface area (Å²) in [6.45, 7) is 5.10. The lowest BCUT2D eigenvalue weighted by atomic mass is 9.90. The lowest BCUT2D eigenvalue weighted by Crippen LogP contribution is -2.77. The van der Waals surface area contributed by atoms with Crippen LogP contribution in [0.25, 0.3) is 0 Å². The van der Waals surface area contributed by atoms with Crippen molar-refractivity contribution in [3.63, 3.8) is 0 Å². The van der Waals surface area contributed by atoms with Crippen molar-refractivity contribution in [1.82, 2.24) is 10.6 Å². The average Bonchev–Trinajstić information content (AvgIpc) is 1.93. The maximum absolute atomic E-state index is 11.5. The van der Waals surface area contributed by atoms with Crippen LogP contribution in [0.3, 0.4) is 0 Å². The van der Waals surface area contributed by atoms with E-state index in [0.717, 1.165) is 0 Å². The molecule has 0 bridgehead atoms. The van der Waals surface area contributed by atoms with E-state index in [2.05, 4.69) is 17.6 Å². The van der Waals surface area contributed by atoms with Crippen LogP contribution in [-0.2, 0) is 9.53 Å². The summed E-state index contributed by atoms with van der Waals surface area (Å²) in [6.07, 6.45) is 0. The molecule has 2 aliphatic rings. The summed E-state index contributed by atoms with van der Waals surface area (Å²) in [7, 11) is 0. The third-order valence-electron chi connectivity index (χ3n) is 2.74. The fraction of sp³-hybridized carbons (Fsp3) is 0.875. The summed E-state index contributed by atoms with van der Waals surface area (Å²) in [6, 6.07) is 0.537. The average molecular weight is 170 g/mol. The standard InChI is InChI=1S/C8H14N2O2/c1-5-6(2)10-8(3-12-4-8)7(11)9-5/h5-6,10H,3-4H2,1-2H3,(H,9,11). The largest absolute Gasteiger partial charge is 0.376 e. The predicted octanol–water partition coefficient (Wildman–Crippen LogP) is -0.748. The van der Waals surface area contributed by atoms with E-state index in [1.807, 2.05) is 6.92 Å². The van der Waals surface area contributed by atoms with E-state index in [9.17, 15) is 4.79 Å². The molecule has 2 fully saturated rings. The molecule has 4 nitrogen and oxygen atoms in total. The monoisotopic (exact) mass is 170 g/mol. The Morgan fingerprint density at radius 1 is 1.42 bits per heavy atom. The van der Waals surface area contributed by atoms with Crippen LogP contribution in [0.4, 0.5) is 0 Å². The molecule has 2 unspecified atom stereocenters. The second-order valence-corrected chi connectivity index (χ2v) is 3.77. The highest BCUT2D eigenvalue weighted by molar-refractivity contribution is 5.88. The van der Waals surface area contributed by atoms with Crippen LogP contribution in [-0.4, -0.2) is 36.7 Å². The number of carbonyl (C=O) groups is 1. The predicted molar refractivity (Wildman–Crippen MR) is 43.8 cm³/mol. The fourth-order valence-electron chi connectivity index (χ4n) is 1.62. The number of nitrogens with one attached hydrogen (secondary N) is 2. The van der Waals surface area contributed by atoms with Gasteiger partial charge in [0, 0.05) is 12.1 Å².